The third-order valence-corrected chi connectivity index (χ3v) is 0.891. The molecule has 0 spiro atoms. The first kappa shape index (κ1) is 7.59. The van der Waals surface area contributed by atoms with Gasteiger partial charge < -0.3 is 4.74 Å². The lowest BCUT2D eigenvalue weighted by Crippen LogP contribution is -2.02. The van der Waals surface area contributed by atoms with E-state index in [4.69, 9.17) is 0 Å². The molecule has 0 aromatic rings. The molecule has 11 heavy (non-hydrogen) atoms. The van der Waals surface area contributed by atoms with Gasteiger partial charge in [-0.25, -0.2) is 14.6 Å². The Bertz CT molecular complexity index is 217. The van der Waals surface area contributed by atoms with Gasteiger partial charge in [-0.2, -0.15) is 0 Å². The van der Waals surface area contributed by atoms with Crippen molar-refractivity contribution < 1.29 is 24.1 Å². The third-order valence-electron chi connectivity index (χ3n) is 0.891. The molecule has 0 amide bonds. The molecule has 0 saturated carbocycles. The van der Waals surface area contributed by atoms with Crippen LogP contribution in [0.15, 0.2) is 12.0 Å². The Morgan fingerprint density at radius 3 is 2.91 bits per heavy atom. The van der Waals surface area contributed by atoms with Crippen LogP contribution in [0.2, 0.25) is 0 Å². The van der Waals surface area contributed by atoms with Crippen molar-refractivity contribution in [3.05, 3.63) is 12.0 Å². The van der Waals surface area contributed by atoms with Crippen molar-refractivity contribution in [1.29, 1.82) is 0 Å². The summed E-state index contributed by atoms with van der Waals surface area (Å²) >= 11 is 0. The van der Waals surface area contributed by atoms with Gasteiger partial charge in [0.15, 0.2) is 0 Å². The van der Waals surface area contributed by atoms with Crippen molar-refractivity contribution in [2.24, 2.45) is 0 Å². The van der Waals surface area contributed by atoms with Crippen molar-refractivity contribution in [3.63, 3.8) is 0 Å². The highest BCUT2D eigenvalue weighted by Gasteiger charge is 2.17. The van der Waals surface area contributed by atoms with E-state index < -0.39 is 11.9 Å². The maximum Gasteiger partial charge on any atom is 0.352 e. The van der Waals surface area contributed by atoms with Gasteiger partial charge in [0, 0.05) is 13.0 Å². The van der Waals surface area contributed by atoms with Gasteiger partial charge in [0.2, 0.25) is 0 Å². The predicted octanol–water partition coefficient (Wildman–Crippen LogP) is 0.269. The van der Waals surface area contributed by atoms with Crippen molar-refractivity contribution >= 4 is 11.9 Å². The molecule has 1 heterocycles. The van der Waals surface area contributed by atoms with Crippen molar-refractivity contribution in [1.82, 2.24) is 0 Å². The lowest BCUT2D eigenvalue weighted by atomic mass is 10.5. The number of rotatable bonds is 2. The Morgan fingerprint density at radius 1 is 1.73 bits per heavy atom. The molecule has 60 valence electrons. The summed E-state index contributed by atoms with van der Waals surface area (Å²) in [4.78, 5) is 29.0. The van der Waals surface area contributed by atoms with Crippen molar-refractivity contribution in [2.75, 3.05) is 0 Å². The first-order valence-corrected chi connectivity index (χ1v) is 2.94. The van der Waals surface area contributed by atoms with Gasteiger partial charge in [0.25, 0.3) is 0 Å². The van der Waals surface area contributed by atoms with Gasteiger partial charge in [-0.05, 0) is 0 Å². The number of carbonyl (C=O) groups is 2. The van der Waals surface area contributed by atoms with Crippen LogP contribution in [0.1, 0.15) is 13.3 Å². The fourth-order valence-corrected chi connectivity index (χ4v) is 0.513. The van der Waals surface area contributed by atoms with Gasteiger partial charge in [0.05, 0.1) is 6.42 Å². The molecule has 0 aromatic carbocycles. The van der Waals surface area contributed by atoms with Crippen LogP contribution < -0.4 is 0 Å². The molecule has 0 unspecified atom stereocenters. The molecule has 0 saturated heterocycles. The predicted molar refractivity (Wildman–Crippen MR) is 31.6 cm³/mol. The summed E-state index contributed by atoms with van der Waals surface area (Å²) in [6.07, 6.45) is 1.53. The molecule has 1 rings (SSSR count). The maximum absolute atomic E-state index is 10.4. The van der Waals surface area contributed by atoms with Crippen LogP contribution in [0.4, 0.5) is 0 Å². The summed E-state index contributed by atoms with van der Waals surface area (Å²) in [5.41, 5.74) is 0. The summed E-state index contributed by atoms with van der Waals surface area (Å²) < 4.78 is 4.43. The Balaban J connectivity index is 2.28. The van der Waals surface area contributed by atoms with Crippen LogP contribution in [0.25, 0.3) is 0 Å². The molecule has 0 radical (unpaired) electrons. The molecule has 0 N–H and O–H groups in total. The van der Waals surface area contributed by atoms with E-state index in [9.17, 15) is 9.59 Å². The molecule has 0 bridgehead atoms. The standard InChI is InChI=1S/C6H6O5/c1-4(7)10-11-6-3-2-5(8)9-6/h3H,2H2,1H3. The minimum Gasteiger partial charge on any atom is -0.390 e. The minimum atomic E-state index is -0.603. The van der Waals surface area contributed by atoms with Crippen LogP contribution in [0, 0.1) is 0 Å². The minimum absolute atomic E-state index is 0.0785. The van der Waals surface area contributed by atoms with E-state index in [1.54, 1.807) is 0 Å². The zero-order chi connectivity index (χ0) is 8.27. The second-order valence-corrected chi connectivity index (χ2v) is 1.86. The summed E-state index contributed by atoms with van der Waals surface area (Å²) in [6, 6.07) is 0. The average molecular weight is 158 g/mol. The van der Waals surface area contributed by atoms with Crippen molar-refractivity contribution in [3.8, 4) is 0 Å². The van der Waals surface area contributed by atoms with Crippen LogP contribution in [0.3, 0.4) is 0 Å². The number of hydrogen-bond donors (Lipinski definition) is 0. The highest BCUT2D eigenvalue weighted by Crippen LogP contribution is 2.11. The fraction of sp³-hybridized carbons (Fsp3) is 0.333. The molecule has 0 atom stereocenters. The number of cyclic esters (lactones) is 1. The lowest BCUT2D eigenvalue weighted by Gasteiger charge is -2.00. The summed E-state index contributed by atoms with van der Waals surface area (Å²) in [5.74, 6) is -1.11. The smallest absolute Gasteiger partial charge is 0.352 e. The topological polar surface area (TPSA) is 61.8 Å². The molecule has 1 aliphatic rings. The van der Waals surface area contributed by atoms with E-state index in [2.05, 4.69) is 14.5 Å². The molecule has 5 nitrogen and oxygen atoms in total. The summed E-state index contributed by atoms with van der Waals surface area (Å²) in [7, 11) is 0. The molecule has 0 aliphatic carbocycles. The highest BCUT2D eigenvalue weighted by atomic mass is 17.2. The van der Waals surface area contributed by atoms with Crippen LogP contribution in [0.5, 0.6) is 0 Å². The summed E-state index contributed by atoms with van der Waals surface area (Å²) in [6.45, 7) is 1.18. The van der Waals surface area contributed by atoms with Gasteiger partial charge in [-0.3, -0.25) is 4.79 Å². The number of ether oxygens (including phenoxy) is 1. The van der Waals surface area contributed by atoms with Gasteiger partial charge >= 0.3 is 17.9 Å². The molecule has 1 aliphatic heterocycles. The Labute approximate surface area is 62.5 Å². The lowest BCUT2D eigenvalue weighted by molar-refractivity contribution is -0.265. The van der Waals surface area contributed by atoms with E-state index in [0.29, 0.717) is 0 Å². The Hall–Kier alpha value is -1.52. The van der Waals surface area contributed by atoms with E-state index in [-0.39, 0.29) is 12.4 Å². The normalized spacial score (nSPS) is 15.4. The zero-order valence-electron chi connectivity index (χ0n) is 5.83. The molecular formula is C6H6O5. The number of esters is 1. The molecule has 0 fully saturated rings. The maximum atomic E-state index is 10.4. The van der Waals surface area contributed by atoms with Crippen LogP contribution in [-0.4, -0.2) is 11.9 Å². The second-order valence-electron chi connectivity index (χ2n) is 1.86. The average Bonchev–Trinajstić information content (AvgIpc) is 2.31. The van der Waals surface area contributed by atoms with E-state index in [1.807, 2.05) is 0 Å². The van der Waals surface area contributed by atoms with Crippen LogP contribution >= 0.6 is 0 Å². The molecule has 0 aromatic heterocycles. The molecule has 5 heteroatoms. The first-order valence-electron chi connectivity index (χ1n) is 2.94. The van der Waals surface area contributed by atoms with E-state index in [0.717, 1.165) is 0 Å². The molecular weight excluding hydrogens is 152 g/mol. The second kappa shape index (κ2) is 3.05. The SMILES string of the molecule is CC(=O)OOC1=CCC(=O)O1. The van der Waals surface area contributed by atoms with Crippen LogP contribution in [-0.2, 0) is 24.1 Å². The van der Waals surface area contributed by atoms with E-state index in [1.165, 1.54) is 13.0 Å². The van der Waals surface area contributed by atoms with Gasteiger partial charge in [0.1, 0.15) is 0 Å². The monoisotopic (exact) mass is 158 g/mol. The van der Waals surface area contributed by atoms with Crippen molar-refractivity contribution in [2.45, 2.75) is 13.3 Å². The van der Waals surface area contributed by atoms with E-state index >= 15 is 0 Å². The first-order chi connectivity index (χ1) is 5.18. The third kappa shape index (κ3) is 2.29. The number of carbonyl (C=O) groups excluding carboxylic acids is 2. The Morgan fingerprint density at radius 2 is 2.45 bits per heavy atom. The fourth-order valence-electron chi connectivity index (χ4n) is 0.513. The quantitative estimate of drug-likeness (QED) is 0.328. The zero-order valence-corrected chi connectivity index (χ0v) is 5.83. The van der Waals surface area contributed by atoms with Gasteiger partial charge in [-0.1, -0.05) is 0 Å². The summed E-state index contributed by atoms with van der Waals surface area (Å²) in [5, 5.41) is 0. The number of hydrogen-bond acceptors (Lipinski definition) is 5. The highest BCUT2D eigenvalue weighted by molar-refractivity contribution is 5.74. The Kier molecular flexibility index (Phi) is 2.10. The largest absolute Gasteiger partial charge is 0.390 e. The van der Waals surface area contributed by atoms with Gasteiger partial charge in [-0.15, -0.1) is 0 Å².